The minimum absolute atomic E-state index is 0.860. The molecule has 0 saturated carbocycles. The van der Waals surface area contributed by atoms with E-state index in [1.165, 1.54) is 13.8 Å². The normalized spacial score (nSPS) is 17.7. The van der Waals surface area contributed by atoms with Gasteiger partial charge in [0.15, 0.2) is 0 Å². The number of rotatable bonds is 3. The Balaban J connectivity index is 4.82. The first-order valence-electron chi connectivity index (χ1n) is 2.93. The molecule has 0 aromatic heterocycles. The van der Waals surface area contributed by atoms with E-state index in [9.17, 15) is 14.3 Å². The summed E-state index contributed by atoms with van der Waals surface area (Å²) in [4.78, 5) is 20.6. The molecule has 0 radical (unpaired) electrons. The summed E-state index contributed by atoms with van der Waals surface area (Å²) < 4.78 is 10.3. The summed E-state index contributed by atoms with van der Waals surface area (Å²) in [6, 6.07) is 0. The van der Waals surface area contributed by atoms with Gasteiger partial charge in [-0.2, -0.15) is 0 Å². The van der Waals surface area contributed by atoms with Crippen molar-refractivity contribution in [3.05, 3.63) is 0 Å². The van der Waals surface area contributed by atoms with Crippen LogP contribution in [0.2, 0.25) is 0 Å². The van der Waals surface area contributed by atoms with Gasteiger partial charge in [0.1, 0.15) is 0 Å². The number of aliphatic hydroxyl groups is 1. The van der Waals surface area contributed by atoms with Crippen molar-refractivity contribution < 1.29 is 24.5 Å². The van der Waals surface area contributed by atoms with Crippen LogP contribution in [-0.2, 0) is 9.36 Å². The van der Waals surface area contributed by atoms with Crippen LogP contribution in [0.4, 0.5) is 0 Å². The zero-order valence-electron chi connectivity index (χ0n) is 6.14. The van der Waals surface area contributed by atoms with E-state index in [-0.39, 0.29) is 0 Å². The molecule has 0 aliphatic carbocycles. The Morgan fingerprint density at radius 3 is 2.00 bits per heavy atom. The van der Waals surface area contributed by atoms with Gasteiger partial charge in [0.05, 0.1) is 0 Å². The molecular weight excluding hydrogens is 171 g/mol. The summed E-state index contributed by atoms with van der Waals surface area (Å²) in [6.45, 7) is 2.64. The number of hydrogen-bond donors (Lipinski definition) is 2. The van der Waals surface area contributed by atoms with Crippen molar-refractivity contribution in [2.24, 2.45) is 5.92 Å². The van der Waals surface area contributed by atoms with Crippen LogP contribution in [0, 0.1) is 5.92 Å². The van der Waals surface area contributed by atoms with E-state index in [0.29, 0.717) is 0 Å². The molecule has 0 aliphatic heterocycles. The predicted octanol–water partition coefficient (Wildman–Crippen LogP) is -0.482. The third-order valence-electron chi connectivity index (χ3n) is 1.40. The molecule has 0 fully saturated rings. The third kappa shape index (κ3) is 1.74. The van der Waals surface area contributed by atoms with Gasteiger partial charge >= 0.3 is 19.3 Å². The fraction of sp³-hybridized carbons (Fsp3) is 0.800. The van der Waals surface area contributed by atoms with Crippen molar-refractivity contribution >= 4 is 14.0 Å². The highest BCUT2D eigenvalue weighted by atomic mass is 31.1. The lowest BCUT2D eigenvalue weighted by Crippen LogP contribution is -2.42. The average molecular weight is 180 g/mol. The van der Waals surface area contributed by atoms with Crippen LogP contribution in [0.15, 0.2) is 0 Å². The molecule has 0 saturated heterocycles. The molecule has 64 valence electrons. The highest BCUT2D eigenvalue weighted by Crippen LogP contribution is 2.35. The van der Waals surface area contributed by atoms with Gasteiger partial charge in [-0.05, 0) is 0 Å². The summed E-state index contributed by atoms with van der Waals surface area (Å²) in [6.07, 6.45) is 0. The Bertz CT molecular complexity index is 173. The maximum absolute atomic E-state index is 10.3. The molecule has 11 heavy (non-hydrogen) atoms. The summed E-state index contributed by atoms with van der Waals surface area (Å²) in [7, 11) is -3.37. The van der Waals surface area contributed by atoms with Crippen LogP contribution in [0.3, 0.4) is 0 Å². The summed E-state index contributed by atoms with van der Waals surface area (Å²) in [5.41, 5.74) is 0. The van der Waals surface area contributed by atoms with Gasteiger partial charge in [-0.15, -0.1) is 0 Å². The van der Waals surface area contributed by atoms with Crippen LogP contribution in [0.5, 0.6) is 0 Å². The smallest absolute Gasteiger partial charge is 0.387 e. The van der Waals surface area contributed by atoms with Gasteiger partial charge in [-0.1, -0.05) is 18.4 Å². The fourth-order valence-corrected chi connectivity index (χ4v) is 1.11. The van der Waals surface area contributed by atoms with Gasteiger partial charge in [-0.3, -0.25) is 0 Å². The third-order valence-corrected chi connectivity index (χ3v) is 2.66. The van der Waals surface area contributed by atoms with E-state index >= 15 is 0 Å². The second kappa shape index (κ2) is 3.26. The van der Waals surface area contributed by atoms with Gasteiger partial charge < -0.3 is 15.1 Å². The minimum atomic E-state index is -3.37. The molecule has 0 bridgehead atoms. The summed E-state index contributed by atoms with van der Waals surface area (Å²) in [5, 5.41) is 14.8. The van der Waals surface area contributed by atoms with Crippen LogP contribution >= 0.6 is 8.03 Å². The first kappa shape index (κ1) is 10.5. The molecule has 0 heterocycles. The number of aliphatic carboxylic acids is 1. The van der Waals surface area contributed by atoms with Crippen LogP contribution in [-0.4, -0.2) is 21.5 Å². The summed E-state index contributed by atoms with van der Waals surface area (Å²) in [5.74, 6) is -2.59. The lowest BCUT2D eigenvalue weighted by atomic mass is 10.1. The van der Waals surface area contributed by atoms with E-state index in [4.69, 9.17) is 10.2 Å². The van der Waals surface area contributed by atoms with Gasteiger partial charge in [0, 0.05) is 5.92 Å². The number of hydrogen-bond acceptors (Lipinski definition) is 4. The Hall–Kier alpha value is -0.510. The fourth-order valence-electron chi connectivity index (χ4n) is 0.536. The van der Waals surface area contributed by atoms with E-state index in [0.717, 1.165) is 0 Å². The van der Waals surface area contributed by atoms with E-state index in [1.807, 2.05) is 0 Å². The first-order valence-corrected chi connectivity index (χ1v) is 4.11. The van der Waals surface area contributed by atoms with E-state index < -0.39 is 25.3 Å². The van der Waals surface area contributed by atoms with Crippen molar-refractivity contribution in [1.82, 2.24) is 0 Å². The molecule has 0 amide bonds. The molecule has 0 spiro atoms. The Morgan fingerprint density at radius 2 is 2.00 bits per heavy atom. The van der Waals surface area contributed by atoms with Gasteiger partial charge in [0.2, 0.25) is 0 Å². The Labute approximate surface area is 64.5 Å². The molecule has 2 unspecified atom stereocenters. The molecular formula is C5H9O5P. The summed E-state index contributed by atoms with van der Waals surface area (Å²) >= 11 is 0. The number of carbonyl (C=O) groups is 1. The molecule has 6 heteroatoms. The minimum Gasteiger partial charge on any atom is -0.593 e. The first-order chi connectivity index (χ1) is 4.83. The van der Waals surface area contributed by atoms with Crippen molar-refractivity contribution in [2.75, 3.05) is 0 Å². The van der Waals surface area contributed by atoms with Crippen LogP contribution < -0.4 is 4.89 Å². The lowest BCUT2D eigenvalue weighted by Gasteiger charge is -2.17. The Morgan fingerprint density at radius 1 is 1.64 bits per heavy atom. The molecule has 0 aromatic carbocycles. The molecule has 0 aromatic rings. The predicted molar refractivity (Wildman–Crippen MR) is 35.0 cm³/mol. The average Bonchev–Trinajstić information content (AvgIpc) is 1.84. The van der Waals surface area contributed by atoms with E-state index in [1.54, 1.807) is 0 Å². The number of carboxylic acids is 1. The maximum Gasteiger partial charge on any atom is 0.387 e. The highest BCUT2D eigenvalue weighted by Gasteiger charge is 2.52. The van der Waals surface area contributed by atoms with Crippen LogP contribution in [0.1, 0.15) is 13.8 Å². The zero-order chi connectivity index (χ0) is 9.23. The maximum atomic E-state index is 10.3. The molecule has 2 N–H and O–H groups in total. The molecule has 0 rings (SSSR count). The van der Waals surface area contributed by atoms with Crippen molar-refractivity contribution in [1.29, 1.82) is 0 Å². The SMILES string of the molecule is CC(C)C(O)(C(=O)O)[P+](=O)[O-]. The van der Waals surface area contributed by atoms with Crippen molar-refractivity contribution in [2.45, 2.75) is 19.2 Å². The standard InChI is InChI=1S/C5H9O5P/c1-3(2)5(8,4(6)7)11(9)10/h3,8H,1-2H3,(H,6,7). The zero-order valence-corrected chi connectivity index (χ0v) is 7.04. The molecule has 2 atom stereocenters. The topological polar surface area (TPSA) is 97.7 Å². The lowest BCUT2D eigenvalue weighted by molar-refractivity contribution is -0.189. The van der Waals surface area contributed by atoms with Crippen LogP contribution in [0.25, 0.3) is 0 Å². The Kier molecular flexibility index (Phi) is 3.11. The second-order valence-electron chi connectivity index (χ2n) is 2.44. The highest BCUT2D eigenvalue weighted by molar-refractivity contribution is 7.39. The monoisotopic (exact) mass is 180 g/mol. The van der Waals surface area contributed by atoms with Gasteiger partial charge in [0.25, 0.3) is 0 Å². The van der Waals surface area contributed by atoms with Crippen molar-refractivity contribution in [3.63, 3.8) is 0 Å². The molecule has 5 nitrogen and oxygen atoms in total. The largest absolute Gasteiger partial charge is 0.593 e. The van der Waals surface area contributed by atoms with E-state index in [2.05, 4.69) is 0 Å². The quantitative estimate of drug-likeness (QED) is 0.571. The van der Waals surface area contributed by atoms with Gasteiger partial charge in [-0.25, -0.2) is 4.79 Å². The second-order valence-corrected chi connectivity index (χ2v) is 3.64. The molecule has 0 aliphatic rings. The van der Waals surface area contributed by atoms with Crippen molar-refractivity contribution in [3.8, 4) is 0 Å². The number of carboxylic acid groups (broad SMARTS) is 1.